The zero-order valence-corrected chi connectivity index (χ0v) is 11.6. The molecular weight excluding hydrogens is 252 g/mol. The molecule has 0 radical (unpaired) electrons. The molecule has 0 amide bonds. The Hall–Kier alpha value is -0.800. The largest absolute Gasteiger partial charge is 0.249 e. The summed E-state index contributed by atoms with van der Waals surface area (Å²) in [6, 6.07) is 7.96. The lowest BCUT2D eigenvalue weighted by Crippen LogP contribution is -2.01. The van der Waals surface area contributed by atoms with Gasteiger partial charge in [-0.2, -0.15) is 0 Å². The van der Waals surface area contributed by atoms with Crippen LogP contribution in [0.3, 0.4) is 0 Å². The molecule has 0 aliphatic rings. The van der Waals surface area contributed by atoms with Gasteiger partial charge >= 0.3 is 0 Å². The summed E-state index contributed by atoms with van der Waals surface area (Å²) in [6.07, 6.45) is 0. The monoisotopic (exact) mass is 266 g/mol. The number of hydrogen-bond acceptors (Lipinski definition) is 3. The number of halogens is 1. The maximum Gasteiger partial charge on any atom is 0.118 e. The molecule has 0 bridgehead atoms. The highest BCUT2D eigenvalue weighted by Gasteiger charge is 2.07. The number of alkyl halides is 1. The van der Waals surface area contributed by atoms with Gasteiger partial charge in [0.15, 0.2) is 0 Å². The van der Waals surface area contributed by atoms with Crippen molar-refractivity contribution in [1.29, 1.82) is 0 Å². The number of fused-ring (bicyclic) bond motifs is 1. The van der Waals surface area contributed by atoms with E-state index in [9.17, 15) is 0 Å². The Bertz CT molecular complexity index is 516. The van der Waals surface area contributed by atoms with Crippen LogP contribution >= 0.6 is 23.4 Å². The van der Waals surface area contributed by atoms with Gasteiger partial charge in [0.05, 0.1) is 16.7 Å². The minimum atomic E-state index is 0.495. The highest BCUT2D eigenvalue weighted by molar-refractivity contribution is 7.99. The summed E-state index contributed by atoms with van der Waals surface area (Å²) in [7, 11) is 0. The van der Waals surface area contributed by atoms with Crippen LogP contribution in [0.4, 0.5) is 0 Å². The predicted octanol–water partition coefficient (Wildman–Crippen LogP) is 3.91. The first kappa shape index (κ1) is 12.7. The fourth-order valence-electron chi connectivity index (χ4n) is 1.47. The second-order valence-electron chi connectivity index (χ2n) is 4.17. The standard InChI is InChI=1S/C13H15ClN2S/c1-9(7-14)8-17-13-10(2)15-11-5-3-4-6-12(11)16-13/h3-6,9H,7-8H2,1-2H3. The second kappa shape index (κ2) is 5.69. The van der Waals surface area contributed by atoms with Crippen molar-refractivity contribution < 1.29 is 0 Å². The Morgan fingerprint density at radius 3 is 2.53 bits per heavy atom. The van der Waals surface area contributed by atoms with Gasteiger partial charge in [-0.25, -0.2) is 9.97 Å². The first-order valence-corrected chi connectivity index (χ1v) is 7.15. The van der Waals surface area contributed by atoms with Crippen LogP contribution in [0.5, 0.6) is 0 Å². The van der Waals surface area contributed by atoms with E-state index in [-0.39, 0.29) is 0 Å². The lowest BCUT2D eigenvalue weighted by molar-refractivity contribution is 0.757. The van der Waals surface area contributed by atoms with Crippen LogP contribution < -0.4 is 0 Å². The molecule has 2 aromatic rings. The van der Waals surface area contributed by atoms with Crippen LogP contribution in [0.2, 0.25) is 0 Å². The zero-order valence-electron chi connectivity index (χ0n) is 9.98. The third-order valence-corrected chi connectivity index (χ3v) is 4.39. The molecule has 0 N–H and O–H groups in total. The number of aromatic nitrogens is 2. The summed E-state index contributed by atoms with van der Waals surface area (Å²) in [4.78, 5) is 9.20. The SMILES string of the molecule is Cc1nc2ccccc2nc1SCC(C)CCl. The molecule has 0 aliphatic carbocycles. The summed E-state index contributed by atoms with van der Waals surface area (Å²) in [5, 5.41) is 1.01. The van der Waals surface area contributed by atoms with Crippen molar-refractivity contribution in [1.82, 2.24) is 9.97 Å². The Morgan fingerprint density at radius 2 is 1.88 bits per heavy atom. The highest BCUT2D eigenvalue weighted by Crippen LogP contribution is 2.23. The molecule has 0 spiro atoms. The molecule has 0 saturated carbocycles. The van der Waals surface area contributed by atoms with Crippen LogP contribution in [-0.4, -0.2) is 21.6 Å². The van der Waals surface area contributed by atoms with Crippen molar-refractivity contribution in [2.75, 3.05) is 11.6 Å². The number of para-hydroxylation sites is 2. The van der Waals surface area contributed by atoms with Crippen LogP contribution in [0.1, 0.15) is 12.6 Å². The van der Waals surface area contributed by atoms with Gasteiger partial charge in [0.2, 0.25) is 0 Å². The van der Waals surface area contributed by atoms with E-state index in [0.717, 1.165) is 27.5 Å². The van der Waals surface area contributed by atoms with Gasteiger partial charge < -0.3 is 0 Å². The van der Waals surface area contributed by atoms with Gasteiger partial charge in [-0.15, -0.1) is 23.4 Å². The van der Waals surface area contributed by atoms with Crippen molar-refractivity contribution in [3.05, 3.63) is 30.0 Å². The Morgan fingerprint density at radius 1 is 1.24 bits per heavy atom. The normalized spacial score (nSPS) is 12.9. The third kappa shape index (κ3) is 3.11. The number of aryl methyl sites for hydroxylation is 1. The molecule has 1 heterocycles. The number of thioether (sulfide) groups is 1. The molecule has 1 aromatic heterocycles. The first-order chi connectivity index (χ1) is 8.20. The Kier molecular flexibility index (Phi) is 4.24. The van der Waals surface area contributed by atoms with E-state index >= 15 is 0 Å². The lowest BCUT2D eigenvalue weighted by atomic mass is 10.3. The second-order valence-corrected chi connectivity index (χ2v) is 5.49. The van der Waals surface area contributed by atoms with Crippen LogP contribution in [0.25, 0.3) is 11.0 Å². The third-order valence-electron chi connectivity index (χ3n) is 2.47. The molecule has 1 aromatic carbocycles. The van der Waals surface area contributed by atoms with Gasteiger partial charge in [0.25, 0.3) is 0 Å². The molecule has 1 unspecified atom stereocenters. The van der Waals surface area contributed by atoms with E-state index in [2.05, 4.69) is 16.9 Å². The lowest BCUT2D eigenvalue weighted by Gasteiger charge is -2.08. The molecule has 90 valence electrons. The minimum absolute atomic E-state index is 0.495. The van der Waals surface area contributed by atoms with E-state index < -0.39 is 0 Å². The van der Waals surface area contributed by atoms with Crippen molar-refractivity contribution in [3.63, 3.8) is 0 Å². The van der Waals surface area contributed by atoms with E-state index in [1.165, 1.54) is 0 Å². The van der Waals surface area contributed by atoms with Gasteiger partial charge in [-0.1, -0.05) is 19.1 Å². The number of rotatable bonds is 4. The average Bonchev–Trinajstić information content (AvgIpc) is 2.35. The average molecular weight is 267 g/mol. The number of nitrogens with zero attached hydrogens (tertiary/aromatic N) is 2. The maximum atomic E-state index is 5.80. The first-order valence-electron chi connectivity index (χ1n) is 5.63. The predicted molar refractivity (Wildman–Crippen MR) is 74.9 cm³/mol. The molecular formula is C13H15ClN2S. The molecule has 2 nitrogen and oxygen atoms in total. The van der Waals surface area contributed by atoms with Gasteiger partial charge in [0, 0.05) is 11.6 Å². The van der Waals surface area contributed by atoms with Crippen molar-refractivity contribution in [3.8, 4) is 0 Å². The van der Waals surface area contributed by atoms with Gasteiger partial charge in [-0.05, 0) is 25.0 Å². The smallest absolute Gasteiger partial charge is 0.118 e. The highest BCUT2D eigenvalue weighted by atomic mass is 35.5. The molecule has 0 saturated heterocycles. The fourth-order valence-corrected chi connectivity index (χ4v) is 2.69. The van der Waals surface area contributed by atoms with Crippen molar-refractivity contribution >= 4 is 34.4 Å². The van der Waals surface area contributed by atoms with Crippen LogP contribution in [-0.2, 0) is 0 Å². The van der Waals surface area contributed by atoms with Crippen molar-refractivity contribution in [2.45, 2.75) is 18.9 Å². The topological polar surface area (TPSA) is 25.8 Å². The minimum Gasteiger partial charge on any atom is -0.249 e. The van der Waals surface area contributed by atoms with Gasteiger partial charge in [0.1, 0.15) is 5.03 Å². The van der Waals surface area contributed by atoms with Crippen molar-refractivity contribution in [2.24, 2.45) is 5.92 Å². The molecule has 0 aliphatic heterocycles. The zero-order chi connectivity index (χ0) is 12.3. The fraction of sp³-hybridized carbons (Fsp3) is 0.385. The summed E-state index contributed by atoms with van der Waals surface area (Å²) in [6.45, 7) is 4.15. The Labute approximate surface area is 111 Å². The van der Waals surface area contributed by atoms with Crippen LogP contribution in [0, 0.1) is 12.8 Å². The summed E-state index contributed by atoms with van der Waals surface area (Å²) >= 11 is 7.54. The quantitative estimate of drug-likeness (QED) is 0.620. The molecule has 4 heteroatoms. The van der Waals surface area contributed by atoms with E-state index in [4.69, 9.17) is 11.6 Å². The summed E-state index contributed by atoms with van der Waals surface area (Å²) in [5.41, 5.74) is 2.91. The number of benzene rings is 1. The molecule has 1 atom stereocenters. The molecule has 17 heavy (non-hydrogen) atoms. The summed E-state index contributed by atoms with van der Waals surface area (Å²) < 4.78 is 0. The van der Waals surface area contributed by atoms with Gasteiger partial charge in [-0.3, -0.25) is 0 Å². The van der Waals surface area contributed by atoms with E-state index in [1.807, 2.05) is 31.2 Å². The van der Waals surface area contributed by atoms with Crippen LogP contribution in [0.15, 0.2) is 29.3 Å². The summed E-state index contributed by atoms with van der Waals surface area (Å²) in [5.74, 6) is 2.17. The number of hydrogen-bond donors (Lipinski definition) is 0. The molecule has 0 fully saturated rings. The Balaban J connectivity index is 2.25. The van der Waals surface area contributed by atoms with E-state index in [1.54, 1.807) is 11.8 Å². The molecule has 2 rings (SSSR count). The van der Waals surface area contributed by atoms with E-state index in [0.29, 0.717) is 11.8 Å². The maximum absolute atomic E-state index is 5.80.